The van der Waals surface area contributed by atoms with Crippen molar-refractivity contribution in [2.24, 2.45) is 11.5 Å². The highest BCUT2D eigenvalue weighted by atomic mass is 16.1. The number of primary amides is 1. The fourth-order valence-electron chi connectivity index (χ4n) is 1.29. The van der Waals surface area contributed by atoms with Crippen LogP contribution in [0.25, 0.3) is 0 Å². The Morgan fingerprint density at radius 2 is 1.92 bits per heavy atom. The molecule has 0 bridgehead atoms. The maximum Gasteiger partial charge on any atom is 0.241 e. The summed E-state index contributed by atoms with van der Waals surface area (Å²) in [4.78, 5) is 11.1. The number of nitrogens with two attached hydrogens (primary N) is 2. The van der Waals surface area contributed by atoms with Gasteiger partial charge in [-0.15, -0.1) is 0 Å². The Morgan fingerprint density at radius 3 is 2.38 bits per heavy atom. The highest BCUT2D eigenvalue weighted by molar-refractivity contribution is 5.85. The van der Waals surface area contributed by atoms with Gasteiger partial charge in [0.15, 0.2) is 0 Å². The van der Waals surface area contributed by atoms with Crippen LogP contribution in [0.5, 0.6) is 0 Å². The first-order chi connectivity index (χ1) is 5.96. The molecule has 0 aromatic heterocycles. The fraction of sp³-hybridized carbons (Fsp3) is 0.300. The van der Waals surface area contributed by atoms with Gasteiger partial charge in [0.05, 0.1) is 0 Å². The van der Waals surface area contributed by atoms with E-state index in [1.165, 1.54) is 0 Å². The minimum Gasteiger partial charge on any atom is -0.368 e. The van der Waals surface area contributed by atoms with Gasteiger partial charge in [-0.3, -0.25) is 4.79 Å². The molecule has 0 saturated heterocycles. The van der Waals surface area contributed by atoms with E-state index in [2.05, 4.69) is 0 Å². The van der Waals surface area contributed by atoms with Crippen molar-refractivity contribution in [1.82, 2.24) is 0 Å². The van der Waals surface area contributed by atoms with E-state index in [-0.39, 0.29) is 0 Å². The summed E-state index contributed by atoms with van der Waals surface area (Å²) in [5.74, 6) is -0.512. The van der Waals surface area contributed by atoms with Crippen LogP contribution < -0.4 is 11.5 Å². The van der Waals surface area contributed by atoms with Gasteiger partial charge in [-0.25, -0.2) is 0 Å². The second-order valence-corrected chi connectivity index (χ2v) is 3.38. The average Bonchev–Trinajstić information content (AvgIpc) is 2.04. The Labute approximate surface area is 77.7 Å². The van der Waals surface area contributed by atoms with Gasteiger partial charge in [0, 0.05) is 0 Å². The van der Waals surface area contributed by atoms with E-state index in [0.29, 0.717) is 0 Å². The molecule has 4 N–H and O–H groups in total. The second-order valence-electron chi connectivity index (χ2n) is 3.38. The third-order valence-electron chi connectivity index (χ3n) is 2.22. The van der Waals surface area contributed by atoms with Crippen LogP contribution in [0.1, 0.15) is 18.1 Å². The zero-order chi connectivity index (χ0) is 10.1. The summed E-state index contributed by atoms with van der Waals surface area (Å²) in [6.45, 7) is 3.53. The molecule has 1 atom stereocenters. The molecule has 0 heterocycles. The second kappa shape index (κ2) is 3.18. The summed E-state index contributed by atoms with van der Waals surface area (Å²) in [7, 11) is 0. The Kier molecular flexibility index (Phi) is 2.38. The number of rotatable bonds is 2. The standard InChI is InChI=1S/C10H14N2O/c1-7-5-3-4-6-8(7)10(2,12)9(11)13/h3-6H,12H2,1-2H3,(H2,11,13)/t10-/m0/s1. The summed E-state index contributed by atoms with van der Waals surface area (Å²) in [5.41, 5.74) is 11.7. The zero-order valence-electron chi connectivity index (χ0n) is 7.87. The van der Waals surface area contributed by atoms with Crippen LogP contribution >= 0.6 is 0 Å². The van der Waals surface area contributed by atoms with Crippen molar-refractivity contribution in [2.45, 2.75) is 19.4 Å². The van der Waals surface area contributed by atoms with Gasteiger partial charge >= 0.3 is 0 Å². The molecule has 0 aliphatic rings. The Morgan fingerprint density at radius 1 is 1.38 bits per heavy atom. The molecule has 0 unspecified atom stereocenters. The van der Waals surface area contributed by atoms with E-state index in [0.717, 1.165) is 11.1 Å². The lowest BCUT2D eigenvalue weighted by Gasteiger charge is -2.22. The number of hydrogen-bond donors (Lipinski definition) is 2. The Balaban J connectivity index is 3.22. The van der Waals surface area contributed by atoms with Gasteiger partial charge < -0.3 is 11.5 Å². The monoisotopic (exact) mass is 178 g/mol. The molecule has 1 aromatic carbocycles. The number of carbonyl (C=O) groups excluding carboxylic acids is 1. The largest absolute Gasteiger partial charge is 0.368 e. The predicted octanol–water partition coefficient (Wildman–Crippen LogP) is 0.654. The molecule has 0 radical (unpaired) electrons. The molecular formula is C10H14N2O. The van der Waals surface area contributed by atoms with E-state index in [4.69, 9.17) is 11.5 Å². The Hall–Kier alpha value is -1.35. The summed E-state index contributed by atoms with van der Waals surface area (Å²) < 4.78 is 0. The first kappa shape index (κ1) is 9.74. The van der Waals surface area contributed by atoms with E-state index in [1.54, 1.807) is 6.92 Å². The first-order valence-electron chi connectivity index (χ1n) is 4.11. The summed E-state index contributed by atoms with van der Waals surface area (Å²) >= 11 is 0. The van der Waals surface area contributed by atoms with Crippen molar-refractivity contribution in [3.63, 3.8) is 0 Å². The summed E-state index contributed by atoms with van der Waals surface area (Å²) in [6.07, 6.45) is 0. The summed E-state index contributed by atoms with van der Waals surface area (Å²) in [6, 6.07) is 7.47. The smallest absolute Gasteiger partial charge is 0.241 e. The number of aryl methyl sites for hydroxylation is 1. The number of hydrogen-bond acceptors (Lipinski definition) is 2. The third-order valence-corrected chi connectivity index (χ3v) is 2.22. The van der Waals surface area contributed by atoms with Crippen LogP contribution in [0.2, 0.25) is 0 Å². The van der Waals surface area contributed by atoms with Gasteiger partial charge in [0.1, 0.15) is 5.54 Å². The molecule has 0 aliphatic heterocycles. The molecule has 0 fully saturated rings. The lowest BCUT2D eigenvalue weighted by Crippen LogP contribution is -2.46. The van der Waals surface area contributed by atoms with E-state index in [9.17, 15) is 4.79 Å². The maximum atomic E-state index is 11.1. The molecule has 1 rings (SSSR count). The van der Waals surface area contributed by atoms with E-state index in [1.807, 2.05) is 31.2 Å². The molecule has 70 valence electrons. The van der Waals surface area contributed by atoms with Crippen LogP contribution in [-0.2, 0) is 10.3 Å². The summed E-state index contributed by atoms with van der Waals surface area (Å²) in [5, 5.41) is 0. The normalized spacial score (nSPS) is 15.0. The van der Waals surface area contributed by atoms with Crippen molar-refractivity contribution in [3.8, 4) is 0 Å². The van der Waals surface area contributed by atoms with Gasteiger partial charge in [-0.2, -0.15) is 0 Å². The van der Waals surface area contributed by atoms with Crippen molar-refractivity contribution in [1.29, 1.82) is 0 Å². The molecule has 0 saturated carbocycles. The van der Waals surface area contributed by atoms with Crippen LogP contribution in [0.4, 0.5) is 0 Å². The van der Waals surface area contributed by atoms with Crippen LogP contribution in [0.3, 0.4) is 0 Å². The molecule has 3 heteroatoms. The van der Waals surface area contributed by atoms with Crippen molar-refractivity contribution >= 4 is 5.91 Å². The van der Waals surface area contributed by atoms with Gasteiger partial charge in [-0.1, -0.05) is 24.3 Å². The van der Waals surface area contributed by atoms with Crippen LogP contribution in [0, 0.1) is 6.92 Å². The average molecular weight is 178 g/mol. The van der Waals surface area contributed by atoms with E-state index < -0.39 is 11.4 Å². The highest BCUT2D eigenvalue weighted by Gasteiger charge is 2.28. The van der Waals surface area contributed by atoms with Crippen molar-refractivity contribution in [2.75, 3.05) is 0 Å². The number of amides is 1. The SMILES string of the molecule is Cc1ccccc1[C@](C)(N)C(N)=O. The third kappa shape index (κ3) is 1.70. The van der Waals surface area contributed by atoms with E-state index >= 15 is 0 Å². The molecule has 0 aliphatic carbocycles. The topological polar surface area (TPSA) is 69.1 Å². The minimum absolute atomic E-state index is 0.512. The predicted molar refractivity (Wildman–Crippen MR) is 51.9 cm³/mol. The van der Waals surface area contributed by atoms with Crippen LogP contribution in [-0.4, -0.2) is 5.91 Å². The molecular weight excluding hydrogens is 164 g/mol. The minimum atomic E-state index is -1.08. The first-order valence-corrected chi connectivity index (χ1v) is 4.11. The van der Waals surface area contributed by atoms with Crippen LogP contribution in [0.15, 0.2) is 24.3 Å². The van der Waals surface area contributed by atoms with Gasteiger partial charge in [0.2, 0.25) is 5.91 Å². The molecule has 13 heavy (non-hydrogen) atoms. The van der Waals surface area contributed by atoms with Gasteiger partial charge in [-0.05, 0) is 25.0 Å². The lowest BCUT2D eigenvalue weighted by atomic mass is 9.89. The van der Waals surface area contributed by atoms with Gasteiger partial charge in [0.25, 0.3) is 0 Å². The number of benzene rings is 1. The number of carbonyl (C=O) groups is 1. The molecule has 1 amide bonds. The lowest BCUT2D eigenvalue weighted by molar-refractivity contribution is -0.122. The molecule has 3 nitrogen and oxygen atoms in total. The fourth-order valence-corrected chi connectivity index (χ4v) is 1.29. The maximum absolute atomic E-state index is 11.1. The molecule has 1 aromatic rings. The quantitative estimate of drug-likeness (QED) is 0.698. The highest BCUT2D eigenvalue weighted by Crippen LogP contribution is 2.20. The van der Waals surface area contributed by atoms with Crippen molar-refractivity contribution in [3.05, 3.63) is 35.4 Å². The van der Waals surface area contributed by atoms with Crippen molar-refractivity contribution < 1.29 is 4.79 Å². The Bertz CT molecular complexity index is 331. The zero-order valence-corrected chi connectivity index (χ0v) is 7.87. The molecule has 0 spiro atoms.